The van der Waals surface area contributed by atoms with Crippen molar-refractivity contribution in [2.24, 2.45) is 4.99 Å². The Morgan fingerprint density at radius 2 is 2.10 bits per heavy atom. The fourth-order valence-corrected chi connectivity index (χ4v) is 2.46. The number of nitrogens with zero attached hydrogens (tertiary/aromatic N) is 3. The van der Waals surface area contributed by atoms with Gasteiger partial charge in [-0.1, -0.05) is 0 Å². The molecule has 0 atom stereocenters. The Hall–Kier alpha value is -1.63. The van der Waals surface area contributed by atoms with Gasteiger partial charge in [0.25, 0.3) is 5.91 Å². The normalized spacial score (nSPS) is 20.9. The van der Waals surface area contributed by atoms with Crippen LogP contribution in [0.3, 0.4) is 0 Å². The minimum atomic E-state index is -0.692. The number of carbonyl (C=O) groups excluding carboxylic acids is 2. The van der Waals surface area contributed by atoms with Crippen molar-refractivity contribution in [1.29, 1.82) is 0 Å². The van der Waals surface area contributed by atoms with Crippen molar-refractivity contribution in [3.05, 3.63) is 0 Å². The highest BCUT2D eigenvalue weighted by atomic mass is 16.5. The molecule has 2 aliphatic rings. The van der Waals surface area contributed by atoms with Crippen LogP contribution in [0.2, 0.25) is 0 Å². The van der Waals surface area contributed by atoms with Crippen molar-refractivity contribution in [2.75, 3.05) is 40.4 Å². The summed E-state index contributed by atoms with van der Waals surface area (Å²) in [7, 11) is 3.69. The van der Waals surface area contributed by atoms with Gasteiger partial charge in [-0.25, -0.2) is 4.99 Å². The largest absolute Gasteiger partial charge is 0.372 e. The summed E-state index contributed by atoms with van der Waals surface area (Å²) in [6.45, 7) is 3.59. The van der Waals surface area contributed by atoms with E-state index in [4.69, 9.17) is 4.74 Å². The van der Waals surface area contributed by atoms with Crippen molar-refractivity contribution in [3.8, 4) is 0 Å². The molecule has 1 N–H and O–H groups in total. The quantitative estimate of drug-likeness (QED) is 0.752. The minimum Gasteiger partial charge on any atom is -0.372 e. The van der Waals surface area contributed by atoms with Gasteiger partial charge in [0, 0.05) is 33.8 Å². The number of hydrogen-bond donors (Lipinski definition) is 1. The van der Waals surface area contributed by atoms with Gasteiger partial charge in [0.1, 0.15) is 12.1 Å². The standard InChI is InChI=1S/C13H22N4O3/c1-4-20-9-10(18)17-7-5-13(6-8-17)11(19)14-12(15-13)16(2)3/h4-9H2,1-3H3,(H,14,15,19). The first-order chi connectivity index (χ1) is 9.48. The van der Waals surface area contributed by atoms with E-state index in [1.165, 1.54) is 0 Å². The van der Waals surface area contributed by atoms with Crippen molar-refractivity contribution in [1.82, 2.24) is 15.1 Å². The molecule has 0 unspecified atom stereocenters. The Labute approximate surface area is 119 Å². The van der Waals surface area contributed by atoms with Crippen LogP contribution in [0.1, 0.15) is 19.8 Å². The molecule has 0 aromatic heterocycles. The fraction of sp³-hybridized carbons (Fsp3) is 0.769. The van der Waals surface area contributed by atoms with E-state index in [1.807, 2.05) is 21.0 Å². The van der Waals surface area contributed by atoms with Crippen molar-refractivity contribution in [2.45, 2.75) is 25.3 Å². The zero-order valence-corrected chi connectivity index (χ0v) is 12.3. The Balaban J connectivity index is 1.97. The van der Waals surface area contributed by atoms with Crippen LogP contribution in [0.5, 0.6) is 0 Å². The van der Waals surface area contributed by atoms with Crippen LogP contribution in [0.15, 0.2) is 4.99 Å². The number of carbonyl (C=O) groups is 2. The lowest BCUT2D eigenvalue weighted by atomic mass is 9.88. The van der Waals surface area contributed by atoms with Gasteiger partial charge in [-0.05, 0) is 19.8 Å². The Kier molecular flexibility index (Phi) is 4.27. The van der Waals surface area contributed by atoms with Crippen LogP contribution < -0.4 is 5.32 Å². The maximum Gasteiger partial charge on any atom is 0.254 e. The Morgan fingerprint density at radius 3 is 2.60 bits per heavy atom. The number of nitrogens with one attached hydrogen (secondary N) is 1. The maximum atomic E-state index is 12.1. The summed E-state index contributed by atoms with van der Waals surface area (Å²) in [5, 5.41) is 2.80. The molecule has 7 heteroatoms. The summed E-state index contributed by atoms with van der Waals surface area (Å²) >= 11 is 0. The van der Waals surface area contributed by atoms with E-state index in [-0.39, 0.29) is 18.4 Å². The van der Waals surface area contributed by atoms with Crippen LogP contribution in [0.25, 0.3) is 0 Å². The molecule has 0 saturated carbocycles. The van der Waals surface area contributed by atoms with Gasteiger partial charge in [0.05, 0.1) is 0 Å². The van der Waals surface area contributed by atoms with E-state index in [1.54, 1.807) is 9.80 Å². The number of guanidine groups is 1. The number of aliphatic imine (C=N–C) groups is 1. The summed E-state index contributed by atoms with van der Waals surface area (Å²) in [5.74, 6) is 0.527. The number of likely N-dealkylation sites (tertiary alicyclic amines) is 1. The van der Waals surface area contributed by atoms with Gasteiger partial charge >= 0.3 is 0 Å². The van der Waals surface area contributed by atoms with Crippen LogP contribution in [0, 0.1) is 0 Å². The molecule has 2 rings (SSSR count). The second kappa shape index (κ2) is 5.78. The predicted molar refractivity (Wildman–Crippen MR) is 74.3 cm³/mol. The van der Waals surface area contributed by atoms with Crippen molar-refractivity contribution < 1.29 is 14.3 Å². The molecular formula is C13H22N4O3. The van der Waals surface area contributed by atoms with Crippen LogP contribution in [0.4, 0.5) is 0 Å². The van der Waals surface area contributed by atoms with Gasteiger partial charge in [0.15, 0.2) is 0 Å². The molecule has 1 spiro atoms. The molecule has 0 aromatic carbocycles. The van der Waals surface area contributed by atoms with E-state index in [0.29, 0.717) is 38.5 Å². The van der Waals surface area contributed by atoms with Gasteiger partial charge in [0.2, 0.25) is 11.9 Å². The molecule has 0 bridgehead atoms. The monoisotopic (exact) mass is 282 g/mol. The molecule has 0 radical (unpaired) electrons. The third-order valence-electron chi connectivity index (χ3n) is 3.76. The van der Waals surface area contributed by atoms with Gasteiger partial charge in [-0.2, -0.15) is 0 Å². The third-order valence-corrected chi connectivity index (χ3v) is 3.76. The lowest BCUT2D eigenvalue weighted by Crippen LogP contribution is -2.51. The highest BCUT2D eigenvalue weighted by Crippen LogP contribution is 2.30. The Morgan fingerprint density at radius 1 is 1.45 bits per heavy atom. The highest BCUT2D eigenvalue weighted by molar-refractivity contribution is 6.07. The van der Waals surface area contributed by atoms with Gasteiger partial charge in [-0.15, -0.1) is 0 Å². The molecule has 20 heavy (non-hydrogen) atoms. The molecular weight excluding hydrogens is 260 g/mol. The van der Waals surface area contributed by atoms with E-state index in [2.05, 4.69) is 10.3 Å². The van der Waals surface area contributed by atoms with Gasteiger partial charge < -0.3 is 14.5 Å². The molecule has 2 heterocycles. The average Bonchev–Trinajstić information content (AvgIpc) is 2.74. The molecule has 7 nitrogen and oxygen atoms in total. The highest BCUT2D eigenvalue weighted by Gasteiger charge is 2.46. The van der Waals surface area contributed by atoms with E-state index < -0.39 is 5.54 Å². The number of rotatable bonds is 3. The number of ether oxygens (including phenoxy) is 1. The van der Waals surface area contributed by atoms with E-state index in [0.717, 1.165) is 0 Å². The zero-order valence-electron chi connectivity index (χ0n) is 12.3. The SMILES string of the molecule is CCOCC(=O)N1CCC2(CC1)N=C(N(C)C)NC2=O. The van der Waals surface area contributed by atoms with Gasteiger partial charge in [-0.3, -0.25) is 14.9 Å². The summed E-state index contributed by atoms with van der Waals surface area (Å²) in [5.41, 5.74) is -0.692. The molecule has 1 saturated heterocycles. The lowest BCUT2D eigenvalue weighted by molar-refractivity contribution is -0.139. The number of amides is 2. The zero-order chi connectivity index (χ0) is 14.8. The minimum absolute atomic E-state index is 0.0167. The molecule has 112 valence electrons. The fourth-order valence-electron chi connectivity index (χ4n) is 2.46. The second-order valence-electron chi connectivity index (χ2n) is 5.33. The third kappa shape index (κ3) is 2.77. The summed E-state index contributed by atoms with van der Waals surface area (Å²) in [4.78, 5) is 32.1. The number of piperidine rings is 1. The molecule has 0 aromatic rings. The van der Waals surface area contributed by atoms with E-state index >= 15 is 0 Å². The maximum absolute atomic E-state index is 12.1. The first-order valence-electron chi connectivity index (χ1n) is 6.92. The second-order valence-corrected chi connectivity index (χ2v) is 5.33. The Bertz CT molecular complexity index is 425. The summed E-state index contributed by atoms with van der Waals surface area (Å²) in [6.07, 6.45) is 1.13. The smallest absolute Gasteiger partial charge is 0.254 e. The van der Waals surface area contributed by atoms with Crippen molar-refractivity contribution >= 4 is 17.8 Å². The van der Waals surface area contributed by atoms with Crippen molar-refractivity contribution in [3.63, 3.8) is 0 Å². The first kappa shape index (κ1) is 14.8. The number of hydrogen-bond acceptors (Lipinski definition) is 5. The molecule has 1 fully saturated rings. The van der Waals surface area contributed by atoms with E-state index in [9.17, 15) is 9.59 Å². The molecule has 0 aliphatic carbocycles. The van der Waals surface area contributed by atoms with Crippen LogP contribution >= 0.6 is 0 Å². The summed E-state index contributed by atoms with van der Waals surface area (Å²) < 4.78 is 5.13. The molecule has 2 aliphatic heterocycles. The van der Waals surface area contributed by atoms with Crippen LogP contribution in [-0.2, 0) is 14.3 Å². The van der Waals surface area contributed by atoms with Crippen LogP contribution in [-0.4, -0.2) is 73.5 Å². The topological polar surface area (TPSA) is 74.2 Å². The first-order valence-corrected chi connectivity index (χ1v) is 6.92. The summed E-state index contributed by atoms with van der Waals surface area (Å²) in [6, 6.07) is 0. The average molecular weight is 282 g/mol. The lowest BCUT2D eigenvalue weighted by Gasteiger charge is -2.35. The molecule has 2 amide bonds. The predicted octanol–water partition coefficient (Wildman–Crippen LogP) is -0.568.